The largest absolute Gasteiger partial charge is 0.390 e. The first-order chi connectivity index (χ1) is 7.31. The number of hydrogen-bond acceptors (Lipinski definition) is 4. The second-order valence-corrected chi connectivity index (χ2v) is 3.51. The number of carbonyl (C=O) groups is 1. The quantitative estimate of drug-likeness (QED) is 0.766. The van der Waals surface area contributed by atoms with Gasteiger partial charge in [0.1, 0.15) is 0 Å². The Labute approximate surface area is 87.8 Å². The van der Waals surface area contributed by atoms with E-state index in [-0.39, 0.29) is 12.5 Å². The van der Waals surface area contributed by atoms with E-state index in [1.807, 2.05) is 0 Å². The second kappa shape index (κ2) is 4.35. The third-order valence-electron chi connectivity index (χ3n) is 2.43. The minimum absolute atomic E-state index is 0.0661. The van der Waals surface area contributed by atoms with Crippen molar-refractivity contribution in [1.82, 2.24) is 9.97 Å². The van der Waals surface area contributed by atoms with Crippen molar-refractivity contribution >= 4 is 11.9 Å². The number of nitrogens with zero attached hydrogens (tertiary/aromatic N) is 3. The zero-order valence-electron chi connectivity index (χ0n) is 8.39. The molecule has 1 aliphatic rings. The van der Waals surface area contributed by atoms with Crippen molar-refractivity contribution in [3.63, 3.8) is 0 Å². The number of anilines is 1. The Morgan fingerprint density at radius 3 is 3.07 bits per heavy atom. The van der Waals surface area contributed by atoms with Crippen LogP contribution in [0.3, 0.4) is 0 Å². The van der Waals surface area contributed by atoms with Crippen molar-refractivity contribution in [2.24, 2.45) is 0 Å². The Hall–Kier alpha value is -1.49. The molecule has 0 saturated carbocycles. The van der Waals surface area contributed by atoms with Crippen LogP contribution in [-0.2, 0) is 11.4 Å². The van der Waals surface area contributed by atoms with Crippen molar-refractivity contribution in [3.05, 3.63) is 18.0 Å². The molecule has 0 atom stereocenters. The molecule has 5 nitrogen and oxygen atoms in total. The van der Waals surface area contributed by atoms with Crippen LogP contribution in [0.15, 0.2) is 12.3 Å². The van der Waals surface area contributed by atoms with Gasteiger partial charge in [-0.05, 0) is 18.9 Å². The molecule has 0 unspecified atom stereocenters. The van der Waals surface area contributed by atoms with Gasteiger partial charge in [0.15, 0.2) is 0 Å². The highest BCUT2D eigenvalue weighted by Gasteiger charge is 2.21. The lowest BCUT2D eigenvalue weighted by atomic mass is 10.1. The van der Waals surface area contributed by atoms with Gasteiger partial charge in [-0.2, -0.15) is 0 Å². The Bertz CT molecular complexity index is 367. The molecule has 1 aromatic rings. The number of rotatable bonds is 2. The molecule has 15 heavy (non-hydrogen) atoms. The molecular weight excluding hydrogens is 194 g/mol. The van der Waals surface area contributed by atoms with Crippen LogP contribution in [0.5, 0.6) is 0 Å². The van der Waals surface area contributed by atoms with Crippen LogP contribution >= 0.6 is 0 Å². The second-order valence-electron chi connectivity index (χ2n) is 3.51. The molecule has 0 radical (unpaired) electrons. The molecule has 1 aromatic heterocycles. The van der Waals surface area contributed by atoms with Gasteiger partial charge in [0, 0.05) is 19.2 Å². The van der Waals surface area contributed by atoms with Crippen molar-refractivity contribution in [3.8, 4) is 0 Å². The van der Waals surface area contributed by atoms with E-state index in [0.717, 1.165) is 12.8 Å². The molecule has 2 heterocycles. The van der Waals surface area contributed by atoms with Crippen LogP contribution in [0.2, 0.25) is 0 Å². The lowest BCUT2D eigenvalue weighted by molar-refractivity contribution is -0.119. The highest BCUT2D eigenvalue weighted by molar-refractivity contribution is 5.92. The predicted molar refractivity (Wildman–Crippen MR) is 54.2 cm³/mol. The summed E-state index contributed by atoms with van der Waals surface area (Å²) in [5.41, 5.74) is 0.540. The summed E-state index contributed by atoms with van der Waals surface area (Å²) in [5, 5.41) is 8.93. The van der Waals surface area contributed by atoms with Gasteiger partial charge in [-0.1, -0.05) is 0 Å². The maximum absolute atomic E-state index is 11.6. The van der Waals surface area contributed by atoms with E-state index in [9.17, 15) is 4.79 Å². The average molecular weight is 207 g/mol. The zero-order chi connectivity index (χ0) is 10.7. The molecule has 0 aliphatic carbocycles. The van der Waals surface area contributed by atoms with Gasteiger partial charge in [0.05, 0.1) is 12.3 Å². The standard InChI is InChI=1S/C10H13N3O2/c14-7-8-4-5-11-10(12-8)13-6-2-1-3-9(13)15/h4-5,14H,1-3,6-7H2. The van der Waals surface area contributed by atoms with E-state index in [4.69, 9.17) is 5.11 Å². The van der Waals surface area contributed by atoms with Crippen molar-refractivity contribution < 1.29 is 9.90 Å². The molecule has 0 spiro atoms. The van der Waals surface area contributed by atoms with Crippen LogP contribution in [0.4, 0.5) is 5.95 Å². The number of amides is 1. The number of aliphatic hydroxyl groups is 1. The van der Waals surface area contributed by atoms with Crippen molar-refractivity contribution in [2.45, 2.75) is 25.9 Å². The van der Waals surface area contributed by atoms with E-state index in [1.54, 1.807) is 17.2 Å². The van der Waals surface area contributed by atoms with Gasteiger partial charge < -0.3 is 5.11 Å². The highest BCUT2D eigenvalue weighted by Crippen LogP contribution is 2.16. The van der Waals surface area contributed by atoms with Gasteiger partial charge in [-0.25, -0.2) is 9.97 Å². The van der Waals surface area contributed by atoms with Crippen molar-refractivity contribution in [1.29, 1.82) is 0 Å². The fraction of sp³-hybridized carbons (Fsp3) is 0.500. The Kier molecular flexibility index (Phi) is 2.91. The first kappa shape index (κ1) is 10.0. The lowest BCUT2D eigenvalue weighted by Crippen LogP contribution is -2.36. The SMILES string of the molecule is O=C1CCCCN1c1nccc(CO)n1. The topological polar surface area (TPSA) is 66.3 Å². The molecule has 1 fully saturated rings. The molecule has 1 aliphatic heterocycles. The fourth-order valence-corrected chi connectivity index (χ4v) is 1.62. The number of hydrogen-bond donors (Lipinski definition) is 1. The lowest BCUT2D eigenvalue weighted by Gasteiger charge is -2.24. The Morgan fingerprint density at radius 1 is 1.47 bits per heavy atom. The monoisotopic (exact) mass is 207 g/mol. The summed E-state index contributed by atoms with van der Waals surface area (Å²) in [7, 11) is 0. The summed E-state index contributed by atoms with van der Waals surface area (Å²) in [4.78, 5) is 21.3. The van der Waals surface area contributed by atoms with Crippen LogP contribution in [-0.4, -0.2) is 27.5 Å². The third-order valence-corrected chi connectivity index (χ3v) is 2.43. The average Bonchev–Trinajstić information content (AvgIpc) is 2.30. The molecule has 5 heteroatoms. The summed E-state index contributed by atoms with van der Waals surface area (Å²) in [6.45, 7) is 0.547. The molecule has 1 saturated heterocycles. The number of carbonyl (C=O) groups excluding carboxylic acids is 1. The molecule has 80 valence electrons. The summed E-state index contributed by atoms with van der Waals surface area (Å²) in [5.74, 6) is 0.475. The van der Waals surface area contributed by atoms with Crippen LogP contribution in [0.25, 0.3) is 0 Å². The molecule has 0 bridgehead atoms. The van der Waals surface area contributed by atoms with E-state index in [2.05, 4.69) is 9.97 Å². The van der Waals surface area contributed by atoms with E-state index in [0.29, 0.717) is 24.6 Å². The molecular formula is C10H13N3O2. The Morgan fingerprint density at radius 2 is 2.33 bits per heavy atom. The van der Waals surface area contributed by atoms with Gasteiger partial charge >= 0.3 is 0 Å². The Balaban J connectivity index is 2.23. The normalized spacial score (nSPS) is 16.9. The maximum Gasteiger partial charge on any atom is 0.232 e. The smallest absolute Gasteiger partial charge is 0.232 e. The number of aromatic nitrogens is 2. The van der Waals surface area contributed by atoms with Crippen molar-refractivity contribution in [2.75, 3.05) is 11.4 Å². The number of aliphatic hydroxyl groups excluding tert-OH is 1. The van der Waals surface area contributed by atoms with Gasteiger partial charge in [-0.15, -0.1) is 0 Å². The van der Waals surface area contributed by atoms with Crippen LogP contribution in [0.1, 0.15) is 25.0 Å². The fourth-order valence-electron chi connectivity index (χ4n) is 1.62. The minimum atomic E-state index is -0.127. The first-order valence-electron chi connectivity index (χ1n) is 5.04. The number of piperidine rings is 1. The molecule has 1 amide bonds. The molecule has 1 N–H and O–H groups in total. The maximum atomic E-state index is 11.6. The summed E-state index contributed by atoms with van der Waals surface area (Å²) < 4.78 is 0. The summed E-state index contributed by atoms with van der Waals surface area (Å²) in [6.07, 6.45) is 4.05. The summed E-state index contributed by atoms with van der Waals surface area (Å²) >= 11 is 0. The van der Waals surface area contributed by atoms with Gasteiger partial charge in [0.2, 0.25) is 11.9 Å². The van der Waals surface area contributed by atoms with Gasteiger partial charge in [0.25, 0.3) is 0 Å². The van der Waals surface area contributed by atoms with E-state index >= 15 is 0 Å². The minimum Gasteiger partial charge on any atom is -0.390 e. The predicted octanol–water partition coefficient (Wildman–Crippen LogP) is 0.486. The third kappa shape index (κ3) is 2.12. The molecule has 2 rings (SSSR count). The highest BCUT2D eigenvalue weighted by atomic mass is 16.3. The van der Waals surface area contributed by atoms with Crippen LogP contribution < -0.4 is 4.90 Å². The van der Waals surface area contributed by atoms with E-state index < -0.39 is 0 Å². The molecule has 0 aromatic carbocycles. The zero-order valence-corrected chi connectivity index (χ0v) is 8.39. The summed E-state index contributed by atoms with van der Waals surface area (Å²) in [6, 6.07) is 1.64. The van der Waals surface area contributed by atoms with Gasteiger partial charge in [-0.3, -0.25) is 9.69 Å². The van der Waals surface area contributed by atoms with Crippen LogP contribution in [0, 0.1) is 0 Å². The first-order valence-corrected chi connectivity index (χ1v) is 5.04. The van der Waals surface area contributed by atoms with E-state index in [1.165, 1.54) is 0 Å².